The minimum atomic E-state index is 0.389. The number of azo groups is 1. The maximum Gasteiger partial charge on any atom is 0.215 e. The lowest BCUT2D eigenvalue weighted by atomic mass is 10.2. The molecule has 0 atom stereocenters. The summed E-state index contributed by atoms with van der Waals surface area (Å²) in [5.74, 6) is 0. The van der Waals surface area contributed by atoms with Crippen LogP contribution in [-0.2, 0) is 0 Å². The van der Waals surface area contributed by atoms with Gasteiger partial charge in [-0.1, -0.05) is 6.08 Å². The molecule has 86 valence electrons. The predicted molar refractivity (Wildman–Crippen MR) is 65.7 cm³/mol. The Morgan fingerprint density at radius 1 is 1.38 bits per heavy atom. The standard InChI is InChI=1S/C10H14N4OS/c1-8(11-12-10(16)13(2)3)9-6-4-5-7-14(9)15/h4-7,15H,1-3H3/b9-8-,12-11?. The Bertz CT molecular complexity index is 396. The van der Waals surface area contributed by atoms with E-state index in [1.165, 1.54) is 6.20 Å². The SMILES string of the molecule is C/C(N=NC(=S)N(C)C)=C1\C=CC=CN1O. The molecule has 0 spiro atoms. The molecule has 1 heterocycles. The number of hydrogen-bond acceptors (Lipinski definition) is 4. The van der Waals surface area contributed by atoms with Crippen LogP contribution in [0.3, 0.4) is 0 Å². The topological polar surface area (TPSA) is 51.4 Å². The number of rotatable bonds is 1. The fraction of sp³-hybridized carbons (Fsp3) is 0.300. The van der Waals surface area contributed by atoms with Crippen LogP contribution < -0.4 is 0 Å². The van der Waals surface area contributed by atoms with Gasteiger partial charge in [-0.25, -0.2) is 5.06 Å². The Balaban J connectivity index is 2.81. The molecular weight excluding hydrogens is 224 g/mol. The Morgan fingerprint density at radius 2 is 2.06 bits per heavy atom. The predicted octanol–water partition coefficient (Wildman–Crippen LogP) is 2.29. The van der Waals surface area contributed by atoms with Gasteiger partial charge in [0.2, 0.25) is 5.11 Å². The summed E-state index contributed by atoms with van der Waals surface area (Å²) >= 11 is 4.96. The molecule has 0 saturated heterocycles. The van der Waals surface area contributed by atoms with Crippen molar-refractivity contribution >= 4 is 17.3 Å². The fourth-order valence-corrected chi connectivity index (χ4v) is 1.02. The van der Waals surface area contributed by atoms with Gasteiger partial charge >= 0.3 is 0 Å². The van der Waals surface area contributed by atoms with E-state index < -0.39 is 0 Å². The van der Waals surface area contributed by atoms with Crippen molar-refractivity contribution in [3.8, 4) is 0 Å². The summed E-state index contributed by atoms with van der Waals surface area (Å²) < 4.78 is 0. The number of allylic oxidation sites excluding steroid dienone is 4. The van der Waals surface area contributed by atoms with E-state index in [1.54, 1.807) is 38.1 Å². The van der Waals surface area contributed by atoms with Crippen molar-refractivity contribution in [1.29, 1.82) is 0 Å². The van der Waals surface area contributed by atoms with Crippen molar-refractivity contribution in [2.45, 2.75) is 6.92 Å². The Kier molecular flexibility index (Phi) is 4.33. The summed E-state index contributed by atoms with van der Waals surface area (Å²) in [5, 5.41) is 18.7. The highest BCUT2D eigenvalue weighted by Crippen LogP contribution is 2.15. The van der Waals surface area contributed by atoms with Crippen molar-refractivity contribution < 1.29 is 5.21 Å². The van der Waals surface area contributed by atoms with Crippen LogP contribution in [0.5, 0.6) is 0 Å². The molecule has 0 aliphatic carbocycles. The molecular formula is C10H14N4OS. The van der Waals surface area contributed by atoms with E-state index in [1.807, 2.05) is 6.08 Å². The first-order valence-corrected chi connectivity index (χ1v) is 5.10. The second-order valence-electron chi connectivity index (χ2n) is 3.39. The Labute approximate surface area is 100 Å². The zero-order valence-corrected chi connectivity index (χ0v) is 10.3. The Morgan fingerprint density at radius 3 is 2.62 bits per heavy atom. The van der Waals surface area contributed by atoms with Crippen LogP contribution in [-0.4, -0.2) is 34.4 Å². The zero-order chi connectivity index (χ0) is 12.1. The largest absolute Gasteiger partial charge is 0.352 e. The third-order valence-electron chi connectivity index (χ3n) is 1.88. The first-order valence-electron chi connectivity index (χ1n) is 4.69. The van der Waals surface area contributed by atoms with Gasteiger partial charge in [0.25, 0.3) is 0 Å². The molecule has 0 unspecified atom stereocenters. The highest BCUT2D eigenvalue weighted by atomic mass is 32.1. The molecule has 0 fully saturated rings. The van der Waals surface area contributed by atoms with E-state index in [9.17, 15) is 5.21 Å². The van der Waals surface area contributed by atoms with E-state index in [4.69, 9.17) is 12.2 Å². The lowest BCUT2D eigenvalue weighted by molar-refractivity contribution is -0.00149. The molecule has 16 heavy (non-hydrogen) atoms. The van der Waals surface area contributed by atoms with Crippen molar-refractivity contribution in [3.63, 3.8) is 0 Å². The molecule has 0 aromatic heterocycles. The number of hydroxylamine groups is 2. The maximum absolute atomic E-state index is 9.51. The first-order chi connectivity index (χ1) is 7.52. The molecule has 0 saturated carbocycles. The van der Waals surface area contributed by atoms with E-state index >= 15 is 0 Å². The summed E-state index contributed by atoms with van der Waals surface area (Å²) in [4.78, 5) is 1.68. The van der Waals surface area contributed by atoms with Crippen LogP contribution in [0.4, 0.5) is 0 Å². The summed E-state index contributed by atoms with van der Waals surface area (Å²) in [6.07, 6.45) is 6.80. The minimum Gasteiger partial charge on any atom is -0.352 e. The summed E-state index contributed by atoms with van der Waals surface area (Å²) in [6.45, 7) is 1.75. The number of hydrogen-bond donors (Lipinski definition) is 1. The van der Waals surface area contributed by atoms with Gasteiger partial charge in [0.05, 0.1) is 11.4 Å². The average Bonchev–Trinajstić information content (AvgIpc) is 2.25. The molecule has 5 nitrogen and oxygen atoms in total. The third kappa shape index (κ3) is 3.25. The van der Waals surface area contributed by atoms with Crippen LogP contribution in [0.25, 0.3) is 0 Å². The van der Waals surface area contributed by atoms with Gasteiger partial charge in [0.15, 0.2) is 0 Å². The highest BCUT2D eigenvalue weighted by Gasteiger charge is 2.07. The van der Waals surface area contributed by atoms with Crippen molar-refractivity contribution in [3.05, 3.63) is 35.8 Å². The molecule has 0 aromatic carbocycles. The van der Waals surface area contributed by atoms with E-state index in [2.05, 4.69) is 10.2 Å². The van der Waals surface area contributed by atoms with Gasteiger partial charge in [-0.3, -0.25) is 5.21 Å². The van der Waals surface area contributed by atoms with Gasteiger partial charge in [-0.05, 0) is 31.3 Å². The Hall–Kier alpha value is -1.53. The van der Waals surface area contributed by atoms with Gasteiger partial charge < -0.3 is 4.90 Å². The molecule has 0 bridgehead atoms. The van der Waals surface area contributed by atoms with Crippen LogP contribution in [0.2, 0.25) is 0 Å². The quantitative estimate of drug-likeness (QED) is 0.562. The normalized spacial score (nSPS) is 18.1. The van der Waals surface area contributed by atoms with Crippen molar-refractivity contribution in [1.82, 2.24) is 9.96 Å². The molecule has 0 aromatic rings. The lowest BCUT2D eigenvalue weighted by Gasteiger charge is -2.16. The molecule has 1 aliphatic heterocycles. The molecule has 1 aliphatic rings. The minimum absolute atomic E-state index is 0.389. The van der Waals surface area contributed by atoms with Gasteiger partial charge in [0, 0.05) is 20.3 Å². The summed E-state index contributed by atoms with van der Waals surface area (Å²) in [7, 11) is 3.59. The van der Waals surface area contributed by atoms with Crippen LogP contribution in [0.1, 0.15) is 6.92 Å². The second-order valence-corrected chi connectivity index (χ2v) is 3.76. The average molecular weight is 238 g/mol. The molecule has 0 amide bonds. The fourth-order valence-electron chi connectivity index (χ4n) is 0.979. The first kappa shape index (κ1) is 12.5. The van der Waals surface area contributed by atoms with E-state index in [0.29, 0.717) is 16.5 Å². The smallest absolute Gasteiger partial charge is 0.215 e. The number of nitrogens with zero attached hydrogens (tertiary/aromatic N) is 4. The molecule has 0 radical (unpaired) electrons. The summed E-state index contributed by atoms with van der Waals surface area (Å²) in [5.41, 5.74) is 1.17. The zero-order valence-electron chi connectivity index (χ0n) is 9.45. The van der Waals surface area contributed by atoms with Gasteiger partial charge in [-0.15, -0.1) is 5.11 Å². The van der Waals surface area contributed by atoms with Crippen molar-refractivity contribution in [2.24, 2.45) is 10.2 Å². The van der Waals surface area contributed by atoms with Crippen LogP contribution in [0, 0.1) is 0 Å². The summed E-state index contributed by atoms with van der Waals surface area (Å²) in [6, 6.07) is 0. The monoisotopic (exact) mass is 238 g/mol. The van der Waals surface area contributed by atoms with E-state index in [-0.39, 0.29) is 0 Å². The lowest BCUT2D eigenvalue weighted by Crippen LogP contribution is -2.17. The van der Waals surface area contributed by atoms with Gasteiger partial charge in [0.1, 0.15) is 0 Å². The third-order valence-corrected chi connectivity index (χ3v) is 2.32. The second kappa shape index (κ2) is 5.53. The maximum atomic E-state index is 9.51. The molecule has 1 rings (SSSR count). The molecule has 1 N–H and O–H groups in total. The highest BCUT2D eigenvalue weighted by molar-refractivity contribution is 7.80. The van der Waals surface area contributed by atoms with Crippen LogP contribution in [0.15, 0.2) is 46.1 Å². The van der Waals surface area contributed by atoms with Gasteiger partial charge in [-0.2, -0.15) is 5.11 Å². The van der Waals surface area contributed by atoms with E-state index in [0.717, 1.165) is 5.06 Å². The molecule has 6 heteroatoms. The van der Waals surface area contributed by atoms with Crippen molar-refractivity contribution in [2.75, 3.05) is 14.1 Å². The number of thiocarbonyl (C=S) groups is 1. The van der Waals surface area contributed by atoms with Crippen LogP contribution >= 0.6 is 12.2 Å².